The third kappa shape index (κ3) is 6.85. The van der Waals surface area contributed by atoms with Crippen molar-refractivity contribution < 1.29 is 9.53 Å². The molecule has 0 atom stereocenters. The minimum atomic E-state index is -0.298. The number of carbonyl (C=O) groups excluding carboxylic acids is 1. The van der Waals surface area contributed by atoms with E-state index < -0.39 is 0 Å². The fraction of sp³-hybridized carbons (Fsp3) is 0.435. The number of hydrogen-bond donors (Lipinski definition) is 2. The average molecular weight is 470 g/mol. The van der Waals surface area contributed by atoms with Gasteiger partial charge in [0, 0.05) is 43.3 Å². The van der Waals surface area contributed by atoms with Crippen molar-refractivity contribution in [2.45, 2.75) is 34.6 Å². The maximum absolute atomic E-state index is 12.1. The molecule has 1 aromatic heterocycles. The van der Waals surface area contributed by atoms with E-state index in [1.807, 2.05) is 50.8 Å². The van der Waals surface area contributed by atoms with Crippen molar-refractivity contribution in [2.75, 3.05) is 43.4 Å². The van der Waals surface area contributed by atoms with Crippen molar-refractivity contribution in [2.24, 2.45) is 4.99 Å². The number of aliphatic imine (C=N–C) groups is 1. The van der Waals surface area contributed by atoms with Crippen LogP contribution in [0.25, 0.3) is 0 Å². The third-order valence-corrected chi connectivity index (χ3v) is 5.35. The second kappa shape index (κ2) is 11.0. The summed E-state index contributed by atoms with van der Waals surface area (Å²) < 4.78 is 5.12. The van der Waals surface area contributed by atoms with E-state index in [1.54, 1.807) is 11.8 Å². The molecule has 2 aromatic rings. The molecule has 176 valence electrons. The summed E-state index contributed by atoms with van der Waals surface area (Å²) in [5, 5.41) is 6.78. The van der Waals surface area contributed by atoms with Crippen LogP contribution in [0.4, 0.5) is 16.4 Å². The number of benzene rings is 1. The predicted octanol–water partition coefficient (Wildman–Crippen LogP) is 3.65. The first-order chi connectivity index (χ1) is 15.7. The number of nitrogens with one attached hydrogen (secondary N) is 2. The van der Waals surface area contributed by atoms with Crippen LogP contribution in [0.2, 0.25) is 0 Å². The molecule has 1 amide bonds. The molecular formula is C23H31N7O2S. The van der Waals surface area contributed by atoms with Gasteiger partial charge >= 0.3 is 6.09 Å². The number of nitrogens with zero attached hydrogens (tertiary/aromatic N) is 5. The Bertz CT molecular complexity index is 1030. The zero-order valence-corrected chi connectivity index (χ0v) is 20.6. The van der Waals surface area contributed by atoms with Crippen LogP contribution in [0.5, 0.6) is 0 Å². The molecule has 10 heteroatoms. The number of thiocarbonyl (C=S) groups is 1. The monoisotopic (exact) mass is 469 g/mol. The predicted molar refractivity (Wildman–Crippen MR) is 135 cm³/mol. The van der Waals surface area contributed by atoms with Gasteiger partial charge in [-0.1, -0.05) is 12.1 Å². The van der Waals surface area contributed by atoms with Gasteiger partial charge in [0.2, 0.25) is 17.0 Å². The first-order valence-corrected chi connectivity index (χ1v) is 11.4. The number of carbonyl (C=O) groups is 1. The van der Waals surface area contributed by atoms with Gasteiger partial charge in [0.15, 0.2) is 0 Å². The van der Waals surface area contributed by atoms with E-state index >= 15 is 0 Å². The second-order valence-corrected chi connectivity index (χ2v) is 8.34. The standard InChI is InChI=1S/C23H31N7O2S/c1-6-32-23(31)30-11-9-29(10-12-30)21(27-20-24-17(4)14-18(5)25-20)28-22(33)26-19-13-15(2)7-8-16(19)3/h7-8,13-14H,6,9-12H2,1-5H3,(H2,24,25,26,27,28,33). The number of rotatable bonds is 3. The van der Waals surface area contributed by atoms with Crippen LogP contribution in [0, 0.1) is 27.7 Å². The number of ether oxygens (including phenoxy) is 1. The Morgan fingerprint density at radius 2 is 1.67 bits per heavy atom. The normalized spacial score (nSPS) is 14.2. The van der Waals surface area contributed by atoms with Crippen LogP contribution >= 0.6 is 12.2 Å². The zero-order chi connectivity index (χ0) is 24.0. The van der Waals surface area contributed by atoms with Crippen LogP contribution in [-0.4, -0.2) is 69.7 Å². The van der Waals surface area contributed by atoms with Crippen LogP contribution in [0.15, 0.2) is 29.3 Å². The molecule has 2 N–H and O–H groups in total. The summed E-state index contributed by atoms with van der Waals surface area (Å²) in [4.78, 5) is 29.4. The molecule has 1 fully saturated rings. The first kappa shape index (κ1) is 24.4. The largest absolute Gasteiger partial charge is 0.450 e. The number of hydrogen-bond acceptors (Lipinski definition) is 5. The van der Waals surface area contributed by atoms with Crippen molar-refractivity contribution in [3.8, 4) is 0 Å². The fourth-order valence-electron chi connectivity index (χ4n) is 3.49. The molecule has 0 bridgehead atoms. The van der Waals surface area contributed by atoms with Gasteiger partial charge in [-0.15, -0.1) is 0 Å². The molecule has 0 radical (unpaired) electrons. The molecule has 33 heavy (non-hydrogen) atoms. The Kier molecular flexibility index (Phi) is 8.16. The lowest BCUT2D eigenvalue weighted by atomic mass is 10.1. The molecule has 1 aliphatic rings. The van der Waals surface area contributed by atoms with Crippen LogP contribution in [0.1, 0.15) is 29.4 Å². The Hall–Kier alpha value is -3.27. The topological polar surface area (TPSA) is 95.0 Å². The molecule has 0 unspecified atom stereocenters. The van der Waals surface area contributed by atoms with Gasteiger partial charge in [0.1, 0.15) is 0 Å². The summed E-state index contributed by atoms with van der Waals surface area (Å²) in [6.07, 6.45) is -0.298. The van der Waals surface area contributed by atoms with Crippen LogP contribution < -0.4 is 10.6 Å². The Morgan fingerprint density at radius 3 is 2.30 bits per heavy atom. The minimum absolute atomic E-state index is 0.298. The summed E-state index contributed by atoms with van der Waals surface area (Å²) in [5.41, 5.74) is 4.83. The van der Waals surface area contributed by atoms with Crippen molar-refractivity contribution in [3.63, 3.8) is 0 Å². The third-order valence-electron chi connectivity index (χ3n) is 5.15. The quantitative estimate of drug-likeness (QED) is 0.400. The molecule has 3 rings (SSSR count). The number of guanidine groups is 1. The van der Waals surface area contributed by atoms with E-state index in [2.05, 4.69) is 31.7 Å². The van der Waals surface area contributed by atoms with Gasteiger partial charge in [-0.2, -0.15) is 4.99 Å². The van der Waals surface area contributed by atoms with Gasteiger partial charge in [-0.25, -0.2) is 14.8 Å². The number of amides is 1. The molecule has 9 nitrogen and oxygen atoms in total. The minimum Gasteiger partial charge on any atom is -0.450 e. The molecule has 1 saturated heterocycles. The summed E-state index contributed by atoms with van der Waals surface area (Å²) in [6.45, 7) is 12.2. The lowest BCUT2D eigenvalue weighted by Gasteiger charge is -2.35. The smallest absolute Gasteiger partial charge is 0.409 e. The summed E-state index contributed by atoms with van der Waals surface area (Å²) in [7, 11) is 0. The van der Waals surface area contributed by atoms with E-state index in [9.17, 15) is 4.79 Å². The number of piperazine rings is 1. The average Bonchev–Trinajstić information content (AvgIpc) is 2.75. The summed E-state index contributed by atoms with van der Waals surface area (Å²) in [6, 6.07) is 8.05. The SMILES string of the molecule is CCOC(=O)N1CCN(/C(=N\C(=S)Nc2cc(C)ccc2C)Nc2nc(C)cc(C)n2)CC1. The Morgan fingerprint density at radius 1 is 1.03 bits per heavy atom. The molecule has 1 aromatic carbocycles. The molecule has 1 aliphatic heterocycles. The maximum Gasteiger partial charge on any atom is 0.409 e. The lowest BCUT2D eigenvalue weighted by Crippen LogP contribution is -2.52. The van der Waals surface area contributed by atoms with Gasteiger partial charge in [-0.05, 0) is 70.1 Å². The van der Waals surface area contributed by atoms with E-state index in [0.717, 1.165) is 28.2 Å². The van der Waals surface area contributed by atoms with E-state index in [0.29, 0.717) is 49.8 Å². The van der Waals surface area contributed by atoms with Gasteiger partial charge < -0.3 is 19.9 Å². The maximum atomic E-state index is 12.1. The van der Waals surface area contributed by atoms with Crippen LogP contribution in [0.3, 0.4) is 0 Å². The van der Waals surface area contributed by atoms with Gasteiger partial charge in [0.05, 0.1) is 6.61 Å². The highest BCUT2D eigenvalue weighted by Gasteiger charge is 2.25. The van der Waals surface area contributed by atoms with Crippen molar-refractivity contribution >= 4 is 41.0 Å². The van der Waals surface area contributed by atoms with Crippen LogP contribution in [-0.2, 0) is 4.74 Å². The fourth-order valence-corrected chi connectivity index (χ4v) is 3.68. The number of anilines is 2. The number of aromatic nitrogens is 2. The van der Waals surface area contributed by atoms with Crippen molar-refractivity contribution in [1.29, 1.82) is 0 Å². The van der Waals surface area contributed by atoms with Gasteiger partial charge in [0.25, 0.3) is 0 Å². The molecule has 2 heterocycles. The second-order valence-electron chi connectivity index (χ2n) is 7.96. The summed E-state index contributed by atoms with van der Waals surface area (Å²) in [5.74, 6) is 0.986. The molecular weight excluding hydrogens is 438 g/mol. The summed E-state index contributed by atoms with van der Waals surface area (Å²) >= 11 is 5.56. The molecule has 0 spiro atoms. The highest BCUT2D eigenvalue weighted by Crippen LogP contribution is 2.17. The van der Waals surface area contributed by atoms with E-state index in [-0.39, 0.29) is 6.09 Å². The van der Waals surface area contributed by atoms with Gasteiger partial charge in [-0.3, -0.25) is 5.32 Å². The first-order valence-electron chi connectivity index (χ1n) is 11.0. The Balaban J connectivity index is 1.81. The Labute approximate surface area is 200 Å². The van der Waals surface area contributed by atoms with E-state index in [1.165, 1.54) is 0 Å². The lowest BCUT2D eigenvalue weighted by molar-refractivity contribution is 0.0920. The van der Waals surface area contributed by atoms with E-state index in [4.69, 9.17) is 17.0 Å². The van der Waals surface area contributed by atoms with Crippen molar-refractivity contribution in [3.05, 3.63) is 46.8 Å². The number of aryl methyl sites for hydroxylation is 4. The molecule has 0 aliphatic carbocycles. The molecule has 0 saturated carbocycles. The van der Waals surface area contributed by atoms with Crippen molar-refractivity contribution in [1.82, 2.24) is 19.8 Å². The zero-order valence-electron chi connectivity index (χ0n) is 19.8. The highest BCUT2D eigenvalue weighted by atomic mass is 32.1. The highest BCUT2D eigenvalue weighted by molar-refractivity contribution is 7.80.